The van der Waals surface area contributed by atoms with Crippen LogP contribution >= 0.6 is 23.2 Å². The van der Waals surface area contributed by atoms with Crippen LogP contribution in [-0.4, -0.2) is 29.6 Å². The summed E-state index contributed by atoms with van der Waals surface area (Å²) >= 11 is 11.9. The normalized spacial score (nSPS) is 12.8. The minimum atomic E-state index is -3.58. The van der Waals surface area contributed by atoms with E-state index >= 15 is 0 Å². The number of halogens is 4. The summed E-state index contributed by atoms with van der Waals surface area (Å²) in [6.45, 7) is 1.56. The number of sulfone groups is 1. The van der Waals surface area contributed by atoms with Gasteiger partial charge in [0.05, 0.1) is 21.9 Å². The van der Waals surface area contributed by atoms with Crippen LogP contribution in [0.1, 0.15) is 23.1 Å². The molecule has 0 radical (unpaired) electrons. The SMILES string of the molecule is Cc1[nH]c(C(Nc2ncc(F)cc2Cl)c2ccc(F)c(Cl)c2)nc1S(C)(=O)=O. The summed E-state index contributed by atoms with van der Waals surface area (Å²) in [5, 5.41) is 2.72. The van der Waals surface area contributed by atoms with Crippen molar-refractivity contribution in [3.63, 3.8) is 0 Å². The average molecular weight is 447 g/mol. The van der Waals surface area contributed by atoms with Crippen LogP contribution in [0.3, 0.4) is 0 Å². The number of rotatable bonds is 5. The molecular formula is C17H14Cl2F2N4O2S. The number of nitrogens with zero attached hydrogens (tertiary/aromatic N) is 2. The number of aromatic nitrogens is 3. The number of aromatic amines is 1. The number of hydrogen-bond acceptors (Lipinski definition) is 5. The summed E-state index contributed by atoms with van der Waals surface area (Å²) in [5.41, 5.74) is 0.790. The first-order valence-electron chi connectivity index (χ1n) is 7.85. The Balaban J connectivity index is 2.13. The number of pyridine rings is 1. The highest BCUT2D eigenvalue weighted by molar-refractivity contribution is 7.90. The van der Waals surface area contributed by atoms with Crippen molar-refractivity contribution >= 4 is 38.9 Å². The van der Waals surface area contributed by atoms with Crippen LogP contribution in [-0.2, 0) is 9.84 Å². The minimum absolute atomic E-state index is 0.00447. The molecule has 148 valence electrons. The lowest BCUT2D eigenvalue weighted by molar-refractivity contribution is 0.597. The Bertz CT molecular complexity index is 1150. The van der Waals surface area contributed by atoms with E-state index in [4.69, 9.17) is 23.2 Å². The third-order valence-corrected chi connectivity index (χ3v) is 5.53. The monoisotopic (exact) mass is 446 g/mol. The quantitative estimate of drug-likeness (QED) is 0.609. The zero-order valence-corrected chi connectivity index (χ0v) is 16.9. The van der Waals surface area contributed by atoms with Gasteiger partial charge in [0, 0.05) is 6.26 Å². The summed E-state index contributed by atoms with van der Waals surface area (Å²) in [4.78, 5) is 11.0. The van der Waals surface area contributed by atoms with E-state index in [1.165, 1.54) is 18.2 Å². The van der Waals surface area contributed by atoms with Crippen LogP contribution in [0.4, 0.5) is 14.6 Å². The summed E-state index contributed by atoms with van der Waals surface area (Å²) in [5.74, 6) is -0.897. The molecule has 1 aromatic carbocycles. The average Bonchev–Trinajstić information content (AvgIpc) is 2.99. The van der Waals surface area contributed by atoms with E-state index in [1.807, 2.05) is 0 Å². The van der Waals surface area contributed by atoms with Crippen LogP contribution in [0.15, 0.2) is 35.5 Å². The van der Waals surface area contributed by atoms with Crippen molar-refractivity contribution < 1.29 is 17.2 Å². The molecule has 28 heavy (non-hydrogen) atoms. The summed E-state index contributed by atoms with van der Waals surface area (Å²) in [6.07, 6.45) is 2.01. The molecule has 0 saturated carbocycles. The summed E-state index contributed by atoms with van der Waals surface area (Å²) in [6, 6.07) is 4.24. The fourth-order valence-electron chi connectivity index (χ4n) is 2.62. The second kappa shape index (κ2) is 7.65. The molecule has 2 N–H and O–H groups in total. The predicted octanol–water partition coefficient (Wildman–Crippen LogP) is 4.30. The van der Waals surface area contributed by atoms with Crippen molar-refractivity contribution in [1.29, 1.82) is 0 Å². The Kier molecular flexibility index (Phi) is 5.60. The topological polar surface area (TPSA) is 87.7 Å². The van der Waals surface area contributed by atoms with Crippen LogP contribution < -0.4 is 5.32 Å². The molecule has 0 aliphatic rings. The molecule has 0 aliphatic heterocycles. The van der Waals surface area contributed by atoms with Crippen LogP contribution in [0, 0.1) is 18.6 Å². The maximum absolute atomic E-state index is 13.6. The minimum Gasteiger partial charge on any atom is -0.355 e. The lowest BCUT2D eigenvalue weighted by atomic mass is 10.1. The van der Waals surface area contributed by atoms with Gasteiger partial charge in [-0.1, -0.05) is 29.3 Å². The van der Waals surface area contributed by atoms with Gasteiger partial charge in [-0.25, -0.2) is 27.2 Å². The second-order valence-corrected chi connectivity index (χ2v) is 8.80. The second-order valence-electron chi connectivity index (χ2n) is 6.06. The van der Waals surface area contributed by atoms with Crippen molar-refractivity contribution in [3.05, 3.63) is 69.2 Å². The molecule has 3 aromatic rings. The molecule has 11 heteroatoms. The van der Waals surface area contributed by atoms with Crippen molar-refractivity contribution in [2.24, 2.45) is 0 Å². The lowest BCUT2D eigenvalue weighted by Crippen LogP contribution is -2.16. The lowest BCUT2D eigenvalue weighted by Gasteiger charge is -2.19. The number of anilines is 1. The van der Waals surface area contributed by atoms with Gasteiger partial charge in [-0.3, -0.25) is 0 Å². The molecule has 2 heterocycles. The third-order valence-electron chi connectivity index (χ3n) is 3.85. The zero-order chi connectivity index (χ0) is 20.6. The smallest absolute Gasteiger partial charge is 0.194 e. The van der Waals surface area contributed by atoms with Crippen LogP contribution in [0.2, 0.25) is 10.0 Å². The molecule has 0 aliphatic carbocycles. The van der Waals surface area contributed by atoms with E-state index < -0.39 is 27.5 Å². The van der Waals surface area contributed by atoms with E-state index in [-0.39, 0.29) is 26.7 Å². The maximum Gasteiger partial charge on any atom is 0.194 e. The highest BCUT2D eigenvalue weighted by Gasteiger charge is 2.25. The van der Waals surface area contributed by atoms with E-state index in [0.717, 1.165) is 18.5 Å². The molecule has 3 rings (SSSR count). The molecule has 0 spiro atoms. The molecule has 0 bridgehead atoms. The van der Waals surface area contributed by atoms with Gasteiger partial charge in [-0.05, 0) is 30.7 Å². The highest BCUT2D eigenvalue weighted by atomic mass is 35.5. The highest BCUT2D eigenvalue weighted by Crippen LogP contribution is 2.31. The summed E-state index contributed by atoms with van der Waals surface area (Å²) in [7, 11) is -3.58. The molecule has 0 fully saturated rings. The third kappa shape index (κ3) is 4.26. The molecule has 1 atom stereocenters. The van der Waals surface area contributed by atoms with Gasteiger partial charge < -0.3 is 10.3 Å². The number of H-pyrrole nitrogens is 1. The van der Waals surface area contributed by atoms with Crippen molar-refractivity contribution in [1.82, 2.24) is 15.0 Å². The Labute approximate surface area is 169 Å². The van der Waals surface area contributed by atoms with Crippen molar-refractivity contribution in [2.75, 3.05) is 11.6 Å². The Hall–Kier alpha value is -2.23. The van der Waals surface area contributed by atoms with E-state index in [0.29, 0.717) is 11.3 Å². The van der Waals surface area contributed by atoms with Crippen molar-refractivity contribution in [2.45, 2.75) is 18.0 Å². The van der Waals surface area contributed by atoms with Gasteiger partial charge in [-0.2, -0.15) is 0 Å². The van der Waals surface area contributed by atoms with Gasteiger partial charge in [0.2, 0.25) is 0 Å². The first kappa shape index (κ1) is 20.5. The molecule has 0 saturated heterocycles. The van der Waals surface area contributed by atoms with Crippen LogP contribution in [0.25, 0.3) is 0 Å². The van der Waals surface area contributed by atoms with E-state index in [1.54, 1.807) is 6.92 Å². The first-order valence-corrected chi connectivity index (χ1v) is 10.5. The van der Waals surface area contributed by atoms with E-state index in [2.05, 4.69) is 20.3 Å². The predicted molar refractivity (Wildman–Crippen MR) is 103 cm³/mol. The summed E-state index contributed by atoms with van der Waals surface area (Å²) < 4.78 is 50.7. The first-order chi connectivity index (χ1) is 13.1. The number of nitrogens with one attached hydrogen (secondary N) is 2. The van der Waals surface area contributed by atoms with Gasteiger partial charge in [0.1, 0.15) is 29.3 Å². The zero-order valence-electron chi connectivity index (χ0n) is 14.6. The Morgan fingerprint density at radius 2 is 1.89 bits per heavy atom. The number of benzene rings is 1. The van der Waals surface area contributed by atoms with E-state index in [9.17, 15) is 17.2 Å². The van der Waals surface area contributed by atoms with Gasteiger partial charge in [0.25, 0.3) is 0 Å². The fourth-order valence-corrected chi connectivity index (χ4v) is 3.89. The number of imidazole rings is 1. The Morgan fingerprint density at radius 1 is 1.18 bits per heavy atom. The van der Waals surface area contributed by atoms with Gasteiger partial charge in [0.15, 0.2) is 14.9 Å². The van der Waals surface area contributed by atoms with Gasteiger partial charge in [-0.15, -0.1) is 0 Å². The Morgan fingerprint density at radius 3 is 2.46 bits per heavy atom. The maximum atomic E-state index is 13.6. The molecule has 6 nitrogen and oxygen atoms in total. The molecule has 2 aromatic heterocycles. The van der Waals surface area contributed by atoms with Gasteiger partial charge >= 0.3 is 0 Å². The number of hydrogen-bond donors (Lipinski definition) is 2. The molecule has 1 unspecified atom stereocenters. The molecular weight excluding hydrogens is 433 g/mol. The largest absolute Gasteiger partial charge is 0.355 e. The fraction of sp³-hybridized carbons (Fsp3) is 0.176. The number of aryl methyl sites for hydroxylation is 1. The molecule has 0 amide bonds. The van der Waals surface area contributed by atoms with Crippen molar-refractivity contribution in [3.8, 4) is 0 Å². The van der Waals surface area contributed by atoms with Crippen LogP contribution in [0.5, 0.6) is 0 Å². The standard InChI is InChI=1S/C17H14Cl2F2N4O2S/c1-8-17(28(2,26)27)25-16(23-8)14(9-3-4-13(21)11(18)5-9)24-15-12(19)6-10(20)7-22-15/h3-7,14H,1-2H3,(H,22,24)(H,23,25).